The van der Waals surface area contributed by atoms with Crippen LogP contribution in [-0.4, -0.2) is 18.4 Å². The highest BCUT2D eigenvalue weighted by molar-refractivity contribution is 5.84. The lowest BCUT2D eigenvalue weighted by Crippen LogP contribution is -2.38. The lowest BCUT2D eigenvalue weighted by Gasteiger charge is -2.25. The molecule has 2 amide bonds. The van der Waals surface area contributed by atoms with E-state index in [1.165, 1.54) is 6.42 Å². The number of primary amides is 1. The van der Waals surface area contributed by atoms with Crippen molar-refractivity contribution in [3.05, 3.63) is 0 Å². The van der Waals surface area contributed by atoms with E-state index >= 15 is 0 Å². The first kappa shape index (κ1) is 11.0. The number of nitrogens with two attached hydrogens (primary N) is 1. The predicted molar refractivity (Wildman–Crippen MR) is 53.3 cm³/mol. The normalized spacial score (nSPS) is 26.9. The van der Waals surface area contributed by atoms with Crippen molar-refractivity contribution in [2.24, 2.45) is 17.6 Å². The smallest absolute Gasteiger partial charge is 0.236 e. The zero-order valence-corrected chi connectivity index (χ0v) is 8.58. The minimum absolute atomic E-state index is 0.0182. The van der Waals surface area contributed by atoms with Crippen LogP contribution in [0.15, 0.2) is 0 Å². The Hall–Kier alpha value is -1.06. The second kappa shape index (κ2) is 4.98. The van der Waals surface area contributed by atoms with Crippen LogP contribution in [0, 0.1) is 11.8 Å². The van der Waals surface area contributed by atoms with E-state index in [1.807, 2.05) is 0 Å². The summed E-state index contributed by atoms with van der Waals surface area (Å²) >= 11 is 0. The van der Waals surface area contributed by atoms with Gasteiger partial charge in [0.15, 0.2) is 0 Å². The van der Waals surface area contributed by atoms with Crippen LogP contribution in [0.3, 0.4) is 0 Å². The Morgan fingerprint density at radius 2 is 2.14 bits per heavy atom. The van der Waals surface area contributed by atoms with Crippen LogP contribution in [0.4, 0.5) is 0 Å². The molecule has 2 atom stereocenters. The molecule has 0 aromatic rings. The molecule has 4 nitrogen and oxygen atoms in total. The van der Waals surface area contributed by atoms with Gasteiger partial charge in [-0.25, -0.2) is 0 Å². The summed E-state index contributed by atoms with van der Waals surface area (Å²) in [5.74, 6) is 0.198. The first-order valence-electron chi connectivity index (χ1n) is 5.15. The average Bonchev–Trinajstić information content (AvgIpc) is 2.14. The van der Waals surface area contributed by atoms with Gasteiger partial charge in [-0.3, -0.25) is 9.59 Å². The van der Waals surface area contributed by atoms with Crippen molar-refractivity contribution in [1.29, 1.82) is 0 Å². The summed E-state index contributed by atoms with van der Waals surface area (Å²) in [7, 11) is 0. The second-order valence-corrected chi connectivity index (χ2v) is 4.15. The minimum Gasteiger partial charge on any atom is -0.368 e. The third-order valence-corrected chi connectivity index (χ3v) is 2.74. The van der Waals surface area contributed by atoms with Crippen molar-refractivity contribution in [3.8, 4) is 0 Å². The summed E-state index contributed by atoms with van der Waals surface area (Å²) in [5.41, 5.74) is 4.94. The van der Waals surface area contributed by atoms with Crippen molar-refractivity contribution in [2.45, 2.75) is 32.6 Å². The number of carbonyl (C=O) groups is 2. The number of hydrogen-bond acceptors (Lipinski definition) is 2. The first-order valence-corrected chi connectivity index (χ1v) is 5.15. The highest BCUT2D eigenvalue weighted by atomic mass is 16.2. The van der Waals surface area contributed by atoms with E-state index in [1.54, 1.807) is 0 Å². The number of amides is 2. The molecule has 0 spiro atoms. The molecule has 0 aliphatic heterocycles. The molecule has 0 bridgehead atoms. The zero-order valence-electron chi connectivity index (χ0n) is 8.58. The number of rotatable bonds is 3. The second-order valence-electron chi connectivity index (χ2n) is 4.15. The van der Waals surface area contributed by atoms with Crippen molar-refractivity contribution in [2.75, 3.05) is 6.54 Å². The van der Waals surface area contributed by atoms with Crippen LogP contribution in [0.2, 0.25) is 0 Å². The van der Waals surface area contributed by atoms with Crippen molar-refractivity contribution >= 4 is 11.8 Å². The lowest BCUT2D eigenvalue weighted by molar-refractivity contribution is -0.128. The molecule has 1 aliphatic rings. The van der Waals surface area contributed by atoms with Crippen LogP contribution in [-0.2, 0) is 9.59 Å². The Balaban J connectivity index is 2.32. The maximum Gasteiger partial charge on any atom is 0.236 e. The van der Waals surface area contributed by atoms with Gasteiger partial charge in [0.05, 0.1) is 6.54 Å². The van der Waals surface area contributed by atoms with Gasteiger partial charge in [0, 0.05) is 5.92 Å². The quantitative estimate of drug-likeness (QED) is 0.689. The molecular formula is C10H18N2O2. The molecule has 80 valence electrons. The molecule has 0 heterocycles. The SMILES string of the molecule is CC1CCCC(C(=O)NCC(N)=O)C1. The molecule has 1 saturated carbocycles. The zero-order chi connectivity index (χ0) is 10.6. The van der Waals surface area contributed by atoms with Crippen LogP contribution in [0.5, 0.6) is 0 Å². The maximum atomic E-state index is 11.5. The van der Waals surface area contributed by atoms with Gasteiger partial charge in [0.1, 0.15) is 0 Å². The fourth-order valence-electron chi connectivity index (χ4n) is 1.99. The van der Waals surface area contributed by atoms with E-state index in [-0.39, 0.29) is 18.4 Å². The van der Waals surface area contributed by atoms with Crippen LogP contribution < -0.4 is 11.1 Å². The fraction of sp³-hybridized carbons (Fsp3) is 0.800. The highest BCUT2D eigenvalue weighted by Gasteiger charge is 2.24. The molecule has 0 aromatic heterocycles. The van der Waals surface area contributed by atoms with Crippen molar-refractivity contribution < 1.29 is 9.59 Å². The Kier molecular flexibility index (Phi) is 3.92. The first-order chi connectivity index (χ1) is 6.59. The monoisotopic (exact) mass is 198 g/mol. The summed E-state index contributed by atoms with van der Waals surface area (Å²) in [6.07, 6.45) is 4.19. The van der Waals surface area contributed by atoms with E-state index in [0.717, 1.165) is 19.3 Å². The van der Waals surface area contributed by atoms with Crippen molar-refractivity contribution in [3.63, 3.8) is 0 Å². The van der Waals surface area contributed by atoms with Gasteiger partial charge in [-0.15, -0.1) is 0 Å². The van der Waals surface area contributed by atoms with Gasteiger partial charge >= 0.3 is 0 Å². The van der Waals surface area contributed by atoms with Crippen LogP contribution >= 0.6 is 0 Å². The van der Waals surface area contributed by atoms with Crippen LogP contribution in [0.1, 0.15) is 32.6 Å². The molecule has 2 unspecified atom stereocenters. The number of carbonyl (C=O) groups excluding carboxylic acids is 2. The van der Waals surface area contributed by atoms with E-state index in [0.29, 0.717) is 5.92 Å². The molecule has 1 rings (SSSR count). The number of hydrogen-bond donors (Lipinski definition) is 2. The Bertz CT molecular complexity index is 228. The van der Waals surface area contributed by atoms with Gasteiger partial charge in [0.25, 0.3) is 0 Å². The van der Waals surface area contributed by atoms with Gasteiger partial charge in [-0.05, 0) is 18.8 Å². The molecule has 1 aliphatic carbocycles. The molecule has 0 aromatic carbocycles. The standard InChI is InChI=1S/C10H18N2O2/c1-7-3-2-4-8(5-7)10(14)12-6-9(11)13/h7-8H,2-6H2,1H3,(H2,11,13)(H,12,14). The van der Waals surface area contributed by atoms with E-state index in [2.05, 4.69) is 12.2 Å². The molecule has 4 heteroatoms. The van der Waals surface area contributed by atoms with E-state index < -0.39 is 5.91 Å². The third-order valence-electron chi connectivity index (χ3n) is 2.74. The maximum absolute atomic E-state index is 11.5. The summed E-state index contributed by atoms with van der Waals surface area (Å²) < 4.78 is 0. The fourth-order valence-corrected chi connectivity index (χ4v) is 1.99. The van der Waals surface area contributed by atoms with Crippen LogP contribution in [0.25, 0.3) is 0 Å². The Labute approximate surface area is 84.2 Å². The molecule has 0 radical (unpaired) electrons. The number of nitrogens with one attached hydrogen (secondary N) is 1. The van der Waals surface area contributed by atoms with Gasteiger partial charge in [-0.2, -0.15) is 0 Å². The molecule has 3 N–H and O–H groups in total. The van der Waals surface area contributed by atoms with Gasteiger partial charge < -0.3 is 11.1 Å². The Morgan fingerprint density at radius 1 is 1.43 bits per heavy atom. The minimum atomic E-state index is -0.484. The summed E-state index contributed by atoms with van der Waals surface area (Å²) in [6.45, 7) is 2.12. The Morgan fingerprint density at radius 3 is 2.71 bits per heavy atom. The lowest BCUT2D eigenvalue weighted by atomic mass is 9.82. The topological polar surface area (TPSA) is 72.2 Å². The average molecular weight is 198 g/mol. The van der Waals surface area contributed by atoms with E-state index in [4.69, 9.17) is 5.73 Å². The molecular weight excluding hydrogens is 180 g/mol. The molecule has 1 fully saturated rings. The van der Waals surface area contributed by atoms with E-state index in [9.17, 15) is 9.59 Å². The summed E-state index contributed by atoms with van der Waals surface area (Å²) in [5, 5.41) is 2.56. The highest BCUT2D eigenvalue weighted by Crippen LogP contribution is 2.28. The largest absolute Gasteiger partial charge is 0.368 e. The van der Waals surface area contributed by atoms with Crippen molar-refractivity contribution in [1.82, 2.24) is 5.32 Å². The molecule has 0 saturated heterocycles. The van der Waals surface area contributed by atoms with Gasteiger partial charge in [-0.1, -0.05) is 19.8 Å². The van der Waals surface area contributed by atoms with Gasteiger partial charge in [0.2, 0.25) is 11.8 Å². The predicted octanol–water partition coefficient (Wildman–Crippen LogP) is 0.414. The summed E-state index contributed by atoms with van der Waals surface area (Å²) in [4.78, 5) is 22.0. The molecule has 14 heavy (non-hydrogen) atoms. The summed E-state index contributed by atoms with van der Waals surface area (Å²) in [6, 6.07) is 0. The third kappa shape index (κ3) is 3.36.